The van der Waals surface area contributed by atoms with Crippen LogP contribution < -0.4 is 10.6 Å². The van der Waals surface area contributed by atoms with E-state index in [1.807, 2.05) is 25.1 Å². The van der Waals surface area contributed by atoms with Gasteiger partial charge < -0.3 is 15.4 Å². The molecule has 1 aliphatic heterocycles. The first-order chi connectivity index (χ1) is 14.1. The highest BCUT2D eigenvalue weighted by Crippen LogP contribution is 2.35. The van der Waals surface area contributed by atoms with Crippen molar-refractivity contribution in [3.05, 3.63) is 64.7 Å². The molecule has 3 rings (SSSR count). The maximum atomic E-state index is 13.4. The van der Waals surface area contributed by atoms with Crippen molar-refractivity contribution in [3.63, 3.8) is 0 Å². The molecule has 0 amide bonds. The molecule has 0 unspecified atom stereocenters. The fourth-order valence-corrected chi connectivity index (χ4v) is 3.67. The van der Waals surface area contributed by atoms with Crippen molar-refractivity contribution in [2.75, 3.05) is 32.8 Å². The van der Waals surface area contributed by atoms with Crippen LogP contribution in [-0.2, 0) is 16.6 Å². The first-order valence-electron chi connectivity index (χ1n) is 10.1. The first-order valence-corrected chi connectivity index (χ1v) is 10.5. The van der Waals surface area contributed by atoms with Gasteiger partial charge in [0.05, 0.1) is 6.54 Å². The smallest absolute Gasteiger partial charge is 0.191 e. The topological polar surface area (TPSA) is 58.5 Å². The van der Waals surface area contributed by atoms with Crippen molar-refractivity contribution in [2.45, 2.75) is 31.6 Å². The molecule has 30 heavy (non-hydrogen) atoms. The number of guanidine groups is 1. The Kier molecular flexibility index (Phi) is 10.3. The summed E-state index contributed by atoms with van der Waals surface area (Å²) in [5.41, 5.74) is 2.10. The molecule has 2 heterocycles. The zero-order valence-corrected chi connectivity index (χ0v) is 20.3. The Morgan fingerprint density at radius 1 is 1.17 bits per heavy atom. The van der Waals surface area contributed by atoms with Gasteiger partial charge in [0.2, 0.25) is 0 Å². The van der Waals surface area contributed by atoms with E-state index >= 15 is 0 Å². The number of rotatable bonds is 7. The molecule has 1 aromatic heterocycles. The predicted octanol–water partition coefficient (Wildman–Crippen LogP) is 4.34. The lowest BCUT2D eigenvalue weighted by Gasteiger charge is -2.36. The molecule has 0 aliphatic carbocycles. The molecule has 1 saturated heterocycles. The van der Waals surface area contributed by atoms with Crippen molar-refractivity contribution in [1.29, 1.82) is 0 Å². The highest BCUT2D eigenvalue weighted by molar-refractivity contribution is 14.0. The van der Waals surface area contributed by atoms with E-state index in [4.69, 9.17) is 21.3 Å². The van der Waals surface area contributed by atoms with Gasteiger partial charge in [-0.3, -0.25) is 4.99 Å². The minimum atomic E-state index is -0.217. The van der Waals surface area contributed by atoms with Gasteiger partial charge in [0.15, 0.2) is 5.96 Å². The molecule has 2 N–H and O–H groups in total. The summed E-state index contributed by atoms with van der Waals surface area (Å²) in [5.74, 6) is 0.563. The van der Waals surface area contributed by atoms with E-state index in [0.717, 1.165) is 49.4 Å². The second kappa shape index (κ2) is 12.4. The summed E-state index contributed by atoms with van der Waals surface area (Å²) in [6.45, 7) is 5.58. The Bertz CT molecular complexity index is 796. The Balaban J connectivity index is 0.00000320. The maximum absolute atomic E-state index is 13.4. The van der Waals surface area contributed by atoms with Crippen LogP contribution in [0.5, 0.6) is 0 Å². The van der Waals surface area contributed by atoms with E-state index in [-0.39, 0.29) is 35.2 Å². The number of hydrogen-bond acceptors (Lipinski definition) is 3. The van der Waals surface area contributed by atoms with Crippen LogP contribution in [0.25, 0.3) is 0 Å². The van der Waals surface area contributed by atoms with Crippen LogP contribution in [0.15, 0.2) is 47.6 Å². The summed E-state index contributed by atoms with van der Waals surface area (Å²) in [5, 5.41) is 7.19. The third kappa shape index (κ3) is 7.06. The van der Waals surface area contributed by atoms with Gasteiger partial charge >= 0.3 is 0 Å². The molecule has 0 atom stereocenters. The van der Waals surface area contributed by atoms with Gasteiger partial charge in [-0.1, -0.05) is 29.8 Å². The van der Waals surface area contributed by atoms with Gasteiger partial charge in [0, 0.05) is 37.9 Å². The highest BCUT2D eigenvalue weighted by atomic mass is 127. The SMILES string of the molecule is CCNC(=NCC1(c2ccc(F)cc2)CCOCC1)NCCc1ccc(Cl)nc1.I. The summed E-state index contributed by atoms with van der Waals surface area (Å²) in [6, 6.07) is 10.6. The molecule has 2 aromatic rings. The molecule has 0 spiro atoms. The van der Waals surface area contributed by atoms with Crippen LogP contribution in [0.1, 0.15) is 30.9 Å². The van der Waals surface area contributed by atoms with Crippen LogP contribution >= 0.6 is 35.6 Å². The number of hydrogen-bond donors (Lipinski definition) is 2. The van der Waals surface area contributed by atoms with Crippen LogP contribution in [0, 0.1) is 5.82 Å². The normalized spacial score (nSPS) is 15.9. The van der Waals surface area contributed by atoms with Crippen molar-refractivity contribution in [3.8, 4) is 0 Å². The average Bonchev–Trinajstić information content (AvgIpc) is 2.74. The monoisotopic (exact) mass is 546 g/mol. The van der Waals surface area contributed by atoms with E-state index < -0.39 is 0 Å². The second-order valence-corrected chi connectivity index (χ2v) is 7.65. The predicted molar refractivity (Wildman–Crippen MR) is 130 cm³/mol. The van der Waals surface area contributed by atoms with E-state index in [2.05, 4.69) is 15.6 Å². The van der Waals surface area contributed by atoms with E-state index in [9.17, 15) is 4.39 Å². The van der Waals surface area contributed by atoms with Gasteiger partial charge in [-0.2, -0.15) is 0 Å². The van der Waals surface area contributed by atoms with Crippen LogP contribution in [0.4, 0.5) is 4.39 Å². The molecule has 1 fully saturated rings. The Hall–Kier alpha value is -1.45. The third-order valence-electron chi connectivity index (χ3n) is 5.29. The molecule has 0 radical (unpaired) electrons. The quantitative estimate of drug-likeness (QED) is 0.235. The summed E-state index contributed by atoms with van der Waals surface area (Å²) < 4.78 is 19.0. The van der Waals surface area contributed by atoms with Crippen LogP contribution in [0.3, 0.4) is 0 Å². The fraction of sp³-hybridized carbons (Fsp3) is 0.455. The minimum Gasteiger partial charge on any atom is -0.381 e. The summed E-state index contributed by atoms with van der Waals surface area (Å²) >= 11 is 5.84. The van der Waals surface area contributed by atoms with Crippen LogP contribution in [-0.4, -0.2) is 43.8 Å². The number of nitrogens with one attached hydrogen (secondary N) is 2. The number of benzene rings is 1. The highest BCUT2D eigenvalue weighted by Gasteiger charge is 2.34. The Morgan fingerprint density at radius 2 is 1.90 bits per heavy atom. The number of nitrogens with zero attached hydrogens (tertiary/aromatic N) is 2. The van der Waals surface area contributed by atoms with Crippen molar-refractivity contribution in [1.82, 2.24) is 15.6 Å². The van der Waals surface area contributed by atoms with Gasteiger partial charge in [0.25, 0.3) is 0 Å². The molecule has 8 heteroatoms. The van der Waals surface area contributed by atoms with Gasteiger partial charge in [-0.25, -0.2) is 9.37 Å². The summed E-state index contributed by atoms with van der Waals surface area (Å²) in [7, 11) is 0. The van der Waals surface area contributed by atoms with E-state index in [1.165, 1.54) is 12.1 Å². The fourth-order valence-electron chi connectivity index (χ4n) is 3.56. The zero-order valence-electron chi connectivity index (χ0n) is 17.2. The molecular weight excluding hydrogens is 518 g/mol. The van der Waals surface area contributed by atoms with Gasteiger partial charge in [-0.05, 0) is 55.5 Å². The molecule has 1 aromatic carbocycles. The maximum Gasteiger partial charge on any atom is 0.191 e. The largest absolute Gasteiger partial charge is 0.381 e. The number of pyridine rings is 1. The van der Waals surface area contributed by atoms with E-state index in [1.54, 1.807) is 12.3 Å². The number of aromatic nitrogens is 1. The van der Waals surface area contributed by atoms with E-state index in [0.29, 0.717) is 24.9 Å². The third-order valence-corrected chi connectivity index (χ3v) is 5.51. The number of halogens is 3. The van der Waals surface area contributed by atoms with Gasteiger partial charge in [0.1, 0.15) is 11.0 Å². The van der Waals surface area contributed by atoms with Gasteiger partial charge in [-0.15, -0.1) is 24.0 Å². The molecular formula is C22H29ClFIN4O. The van der Waals surface area contributed by atoms with Crippen molar-refractivity contribution >= 4 is 41.5 Å². The van der Waals surface area contributed by atoms with Crippen LogP contribution in [0.2, 0.25) is 5.15 Å². The molecule has 164 valence electrons. The number of aliphatic imine (C=N–C) groups is 1. The molecule has 5 nitrogen and oxygen atoms in total. The lowest BCUT2D eigenvalue weighted by Crippen LogP contribution is -2.41. The standard InChI is InChI=1S/C22H28ClFN4O.HI/c1-2-25-21(26-12-9-17-3-8-20(23)27-15-17)28-16-22(10-13-29-14-11-22)18-4-6-19(24)7-5-18;/h3-8,15H,2,9-14,16H2,1H3,(H2,25,26,28);1H. The summed E-state index contributed by atoms with van der Waals surface area (Å²) in [6.07, 6.45) is 4.36. The lowest BCUT2D eigenvalue weighted by atomic mass is 9.74. The molecule has 0 bridgehead atoms. The Morgan fingerprint density at radius 3 is 2.53 bits per heavy atom. The van der Waals surface area contributed by atoms with Crippen molar-refractivity contribution < 1.29 is 9.13 Å². The Labute approximate surface area is 199 Å². The minimum absolute atomic E-state index is 0. The van der Waals surface area contributed by atoms with Crippen molar-refractivity contribution in [2.24, 2.45) is 4.99 Å². The average molecular weight is 547 g/mol. The molecule has 1 aliphatic rings. The first kappa shape index (κ1) is 24.8. The molecule has 0 saturated carbocycles. The second-order valence-electron chi connectivity index (χ2n) is 7.26. The zero-order chi connectivity index (χ0) is 20.5. The lowest BCUT2D eigenvalue weighted by molar-refractivity contribution is 0.0531. The number of ether oxygens (including phenoxy) is 1. The summed E-state index contributed by atoms with van der Waals surface area (Å²) in [4.78, 5) is 8.97.